The van der Waals surface area contributed by atoms with Gasteiger partial charge in [-0.15, -0.1) is 0 Å². The van der Waals surface area contributed by atoms with Gasteiger partial charge in [-0.2, -0.15) is 0 Å². The zero-order valence-corrected chi connectivity index (χ0v) is 15.5. The molecule has 0 aliphatic rings. The molecule has 1 N–H and O–H groups in total. The van der Waals surface area contributed by atoms with Crippen molar-refractivity contribution >= 4 is 5.65 Å². The van der Waals surface area contributed by atoms with Crippen LogP contribution in [-0.2, 0) is 0 Å². The number of benzene rings is 3. The third kappa shape index (κ3) is 3.15. The average Bonchev–Trinajstić information content (AvgIpc) is 3.14. The first kappa shape index (κ1) is 17.2. The van der Waals surface area contributed by atoms with Crippen molar-refractivity contribution in [1.29, 1.82) is 0 Å². The monoisotopic (exact) mass is 380 g/mol. The van der Waals surface area contributed by atoms with E-state index in [1.165, 1.54) is 12.1 Å². The van der Waals surface area contributed by atoms with Crippen LogP contribution < -0.4 is 0 Å². The van der Waals surface area contributed by atoms with Gasteiger partial charge in [0.25, 0.3) is 0 Å². The van der Waals surface area contributed by atoms with Gasteiger partial charge in [-0.25, -0.2) is 9.37 Å². The Labute approximate surface area is 167 Å². The molecule has 5 aromatic rings. The maximum Gasteiger partial charge on any atom is 0.137 e. The van der Waals surface area contributed by atoms with Crippen molar-refractivity contribution in [3.05, 3.63) is 103 Å². The predicted molar refractivity (Wildman–Crippen MR) is 113 cm³/mol. The molecule has 0 spiro atoms. The number of aromatic hydroxyl groups is 1. The lowest BCUT2D eigenvalue weighted by Gasteiger charge is -2.08. The van der Waals surface area contributed by atoms with Crippen LogP contribution >= 0.6 is 0 Å². The van der Waals surface area contributed by atoms with Gasteiger partial charge in [0.05, 0.1) is 11.4 Å². The van der Waals surface area contributed by atoms with E-state index in [9.17, 15) is 9.50 Å². The van der Waals surface area contributed by atoms with E-state index in [-0.39, 0.29) is 11.6 Å². The smallest absolute Gasteiger partial charge is 0.137 e. The summed E-state index contributed by atoms with van der Waals surface area (Å²) >= 11 is 0. The Morgan fingerprint density at radius 3 is 1.93 bits per heavy atom. The molecule has 0 aliphatic carbocycles. The number of hydrogen-bond donors (Lipinski definition) is 1. The second-order valence-electron chi connectivity index (χ2n) is 6.87. The number of hydrogen-bond acceptors (Lipinski definition) is 2. The van der Waals surface area contributed by atoms with Crippen molar-refractivity contribution in [3.63, 3.8) is 0 Å². The molecule has 2 aromatic heterocycles. The standard InChI is InChI=1S/C25H17FN2O/c26-21-12-8-18(9-13-21)17-4-6-20(7-5-17)25-24(19-10-14-22(29)15-11-19)27-23-3-1-2-16-28(23)25/h1-16,29H. The summed E-state index contributed by atoms with van der Waals surface area (Å²) in [6.07, 6.45) is 2.00. The number of phenols is 1. The van der Waals surface area contributed by atoms with Crippen molar-refractivity contribution in [2.24, 2.45) is 0 Å². The fourth-order valence-corrected chi connectivity index (χ4v) is 3.56. The molecule has 0 amide bonds. The normalized spacial score (nSPS) is 11.1. The van der Waals surface area contributed by atoms with Gasteiger partial charge in [0.1, 0.15) is 17.2 Å². The maximum absolute atomic E-state index is 13.2. The molecular formula is C25H17FN2O. The Bertz CT molecular complexity index is 1290. The van der Waals surface area contributed by atoms with Crippen LogP contribution in [0.25, 0.3) is 39.3 Å². The highest BCUT2D eigenvalue weighted by Gasteiger charge is 2.16. The average molecular weight is 380 g/mol. The van der Waals surface area contributed by atoms with Crippen LogP contribution in [-0.4, -0.2) is 14.5 Å². The number of aromatic nitrogens is 2. The highest BCUT2D eigenvalue weighted by molar-refractivity contribution is 5.83. The number of pyridine rings is 1. The molecule has 0 bridgehead atoms. The fraction of sp³-hybridized carbons (Fsp3) is 0. The number of nitrogens with zero attached hydrogens (tertiary/aromatic N) is 2. The number of fused-ring (bicyclic) bond motifs is 1. The molecular weight excluding hydrogens is 363 g/mol. The van der Waals surface area contributed by atoms with Gasteiger partial charge in [-0.05, 0) is 59.7 Å². The van der Waals surface area contributed by atoms with Gasteiger partial charge in [0, 0.05) is 17.3 Å². The van der Waals surface area contributed by atoms with Crippen molar-refractivity contribution < 1.29 is 9.50 Å². The minimum Gasteiger partial charge on any atom is -0.508 e. The van der Waals surface area contributed by atoms with E-state index in [4.69, 9.17) is 4.98 Å². The van der Waals surface area contributed by atoms with Gasteiger partial charge in [0.15, 0.2) is 0 Å². The van der Waals surface area contributed by atoms with Gasteiger partial charge < -0.3 is 5.11 Å². The topological polar surface area (TPSA) is 37.5 Å². The zero-order valence-electron chi connectivity index (χ0n) is 15.5. The van der Waals surface area contributed by atoms with E-state index in [0.29, 0.717) is 0 Å². The molecule has 4 heteroatoms. The Kier molecular flexibility index (Phi) is 4.10. The third-order valence-electron chi connectivity index (χ3n) is 5.01. The molecule has 3 aromatic carbocycles. The van der Waals surface area contributed by atoms with Crippen molar-refractivity contribution in [3.8, 4) is 39.4 Å². The Balaban J connectivity index is 1.65. The van der Waals surface area contributed by atoms with Gasteiger partial charge in [0.2, 0.25) is 0 Å². The maximum atomic E-state index is 13.2. The van der Waals surface area contributed by atoms with E-state index >= 15 is 0 Å². The van der Waals surface area contributed by atoms with Crippen molar-refractivity contribution in [1.82, 2.24) is 9.38 Å². The van der Waals surface area contributed by atoms with Gasteiger partial charge in [-0.3, -0.25) is 4.40 Å². The molecule has 0 radical (unpaired) electrons. The summed E-state index contributed by atoms with van der Waals surface area (Å²) in [5.74, 6) is -0.0163. The first-order valence-corrected chi connectivity index (χ1v) is 9.32. The summed E-state index contributed by atoms with van der Waals surface area (Å²) in [4.78, 5) is 4.82. The highest BCUT2D eigenvalue weighted by Crippen LogP contribution is 2.34. The minimum atomic E-state index is -0.241. The number of halogens is 1. The van der Waals surface area contributed by atoms with E-state index in [1.54, 1.807) is 24.3 Å². The summed E-state index contributed by atoms with van der Waals surface area (Å²) in [7, 11) is 0. The Morgan fingerprint density at radius 2 is 1.24 bits per heavy atom. The SMILES string of the molecule is Oc1ccc(-c2nc3ccccn3c2-c2ccc(-c3ccc(F)cc3)cc2)cc1. The molecule has 2 heterocycles. The highest BCUT2D eigenvalue weighted by atomic mass is 19.1. The summed E-state index contributed by atoms with van der Waals surface area (Å²) in [6.45, 7) is 0. The van der Waals surface area contributed by atoms with Gasteiger partial charge >= 0.3 is 0 Å². The summed E-state index contributed by atoms with van der Waals surface area (Å²) in [5.41, 5.74) is 6.64. The lowest BCUT2D eigenvalue weighted by atomic mass is 10.0. The quantitative estimate of drug-likeness (QED) is 0.406. The largest absolute Gasteiger partial charge is 0.508 e. The minimum absolute atomic E-state index is 0.225. The first-order chi connectivity index (χ1) is 14.2. The lowest BCUT2D eigenvalue weighted by Crippen LogP contribution is -1.89. The molecule has 0 atom stereocenters. The Hall–Kier alpha value is -3.92. The molecule has 0 aliphatic heterocycles. The van der Waals surface area contributed by atoms with E-state index in [0.717, 1.165) is 39.3 Å². The molecule has 0 fully saturated rings. The van der Waals surface area contributed by atoms with E-state index < -0.39 is 0 Å². The van der Waals surface area contributed by atoms with Gasteiger partial charge in [-0.1, -0.05) is 42.5 Å². The predicted octanol–water partition coefficient (Wildman–Crippen LogP) is 6.18. The van der Waals surface area contributed by atoms with E-state index in [1.807, 2.05) is 48.7 Å². The zero-order chi connectivity index (χ0) is 19.8. The molecule has 5 rings (SSSR count). The van der Waals surface area contributed by atoms with Crippen molar-refractivity contribution in [2.45, 2.75) is 0 Å². The van der Waals surface area contributed by atoms with Crippen molar-refractivity contribution in [2.75, 3.05) is 0 Å². The van der Waals surface area contributed by atoms with Crippen LogP contribution in [0.2, 0.25) is 0 Å². The van der Waals surface area contributed by atoms with Crippen LogP contribution in [0.4, 0.5) is 4.39 Å². The summed E-state index contributed by atoms with van der Waals surface area (Å²) in [5, 5.41) is 9.64. The molecule has 3 nitrogen and oxygen atoms in total. The van der Waals surface area contributed by atoms with E-state index in [2.05, 4.69) is 16.5 Å². The summed E-state index contributed by atoms with van der Waals surface area (Å²) in [6, 6.07) is 27.7. The molecule has 0 unspecified atom stereocenters. The molecule has 29 heavy (non-hydrogen) atoms. The fourth-order valence-electron chi connectivity index (χ4n) is 3.56. The molecule has 140 valence electrons. The van der Waals surface area contributed by atoms with Crippen LogP contribution in [0.15, 0.2) is 97.2 Å². The molecule has 0 saturated carbocycles. The third-order valence-corrected chi connectivity index (χ3v) is 5.01. The molecule has 0 saturated heterocycles. The summed E-state index contributed by atoms with van der Waals surface area (Å²) < 4.78 is 15.3. The van der Waals surface area contributed by atoms with Crippen LogP contribution in [0, 0.1) is 5.82 Å². The first-order valence-electron chi connectivity index (χ1n) is 9.32. The van der Waals surface area contributed by atoms with Crippen LogP contribution in [0.1, 0.15) is 0 Å². The Morgan fingerprint density at radius 1 is 0.655 bits per heavy atom. The van der Waals surface area contributed by atoms with Crippen LogP contribution in [0.3, 0.4) is 0 Å². The second-order valence-corrected chi connectivity index (χ2v) is 6.87. The number of phenolic OH excluding ortho intramolecular Hbond substituents is 1. The number of imidazole rings is 1. The second kappa shape index (κ2) is 6.91. The lowest BCUT2D eigenvalue weighted by molar-refractivity contribution is 0.475. The number of rotatable bonds is 3. The van der Waals surface area contributed by atoms with Crippen LogP contribution in [0.5, 0.6) is 5.75 Å².